The summed E-state index contributed by atoms with van der Waals surface area (Å²) in [5.74, 6) is 0.701. The molecule has 0 aromatic heterocycles. The van der Waals surface area contributed by atoms with Gasteiger partial charge in [0.15, 0.2) is 6.29 Å². The highest BCUT2D eigenvalue weighted by molar-refractivity contribution is 5.80. The fourth-order valence-corrected chi connectivity index (χ4v) is 12.0. The van der Waals surface area contributed by atoms with Crippen molar-refractivity contribution in [3.63, 3.8) is 0 Å². The molecule has 0 spiro atoms. The Morgan fingerprint density at radius 2 is 1.50 bits per heavy atom. The molecule has 0 aromatic rings. The first-order valence-electron chi connectivity index (χ1n) is 16.7. The molecule has 4 N–H and O–H groups in total. The molecule has 0 radical (unpaired) electrons. The van der Waals surface area contributed by atoms with Crippen LogP contribution in [0, 0.1) is 50.2 Å². The Kier molecular flexibility index (Phi) is 7.20. The molecule has 0 bridgehead atoms. The number of allylic oxidation sites excluding steroid dienone is 1. The third kappa shape index (κ3) is 4.12. The van der Waals surface area contributed by atoms with Crippen LogP contribution in [0.3, 0.4) is 0 Å². The van der Waals surface area contributed by atoms with Gasteiger partial charge in [0.1, 0.15) is 18.3 Å². The third-order valence-corrected chi connectivity index (χ3v) is 14.7. The highest BCUT2D eigenvalue weighted by Gasteiger charge is 2.70. The molecule has 1 aliphatic heterocycles. The molecule has 1 heterocycles. The molecule has 7 heteroatoms. The summed E-state index contributed by atoms with van der Waals surface area (Å²) in [6, 6.07) is 0. The number of hydrogen-bond acceptors (Lipinski definition) is 6. The topological polar surface area (TPSA) is 116 Å². The van der Waals surface area contributed by atoms with Gasteiger partial charge in [0.05, 0.1) is 18.1 Å². The lowest BCUT2D eigenvalue weighted by Crippen LogP contribution is -2.66. The zero-order valence-corrected chi connectivity index (χ0v) is 27.0. The molecule has 5 fully saturated rings. The van der Waals surface area contributed by atoms with E-state index in [1.165, 1.54) is 5.57 Å². The summed E-state index contributed by atoms with van der Waals surface area (Å²) in [5, 5.41) is 41.3. The van der Waals surface area contributed by atoms with Gasteiger partial charge < -0.3 is 29.9 Å². The summed E-state index contributed by atoms with van der Waals surface area (Å²) in [7, 11) is 0. The second kappa shape index (κ2) is 9.75. The first kappa shape index (κ1) is 31.0. The molecular weight excluding hydrogens is 532 g/mol. The smallest absolute Gasteiger partial charge is 0.313 e. The highest BCUT2D eigenvalue weighted by Crippen LogP contribution is 2.76. The average molecular weight is 589 g/mol. The van der Waals surface area contributed by atoms with E-state index in [1.54, 1.807) is 0 Å². The van der Waals surface area contributed by atoms with Crippen molar-refractivity contribution in [3.05, 3.63) is 11.6 Å². The Labute approximate surface area is 252 Å². The van der Waals surface area contributed by atoms with Gasteiger partial charge in [-0.2, -0.15) is 0 Å². The van der Waals surface area contributed by atoms with Crippen LogP contribution in [0.15, 0.2) is 11.6 Å². The number of fused-ring (bicyclic) bond motifs is 7. The normalized spacial score (nSPS) is 53.0. The number of carbonyl (C=O) groups is 1. The minimum absolute atomic E-state index is 0.0418. The Balaban J connectivity index is 1.29. The zero-order chi connectivity index (χ0) is 30.7. The first-order valence-corrected chi connectivity index (χ1v) is 16.7. The van der Waals surface area contributed by atoms with Crippen molar-refractivity contribution < 1.29 is 34.7 Å². The van der Waals surface area contributed by atoms with E-state index in [4.69, 9.17) is 9.47 Å². The van der Waals surface area contributed by atoms with E-state index >= 15 is 0 Å². The van der Waals surface area contributed by atoms with Gasteiger partial charge in [-0.25, -0.2) is 0 Å². The Morgan fingerprint density at radius 1 is 0.810 bits per heavy atom. The molecule has 7 nitrogen and oxygen atoms in total. The number of hydrogen-bond donors (Lipinski definition) is 4. The molecule has 0 amide bonds. The van der Waals surface area contributed by atoms with Gasteiger partial charge in [-0.15, -0.1) is 0 Å². The van der Waals surface area contributed by atoms with E-state index in [-0.39, 0.29) is 39.8 Å². The van der Waals surface area contributed by atoms with E-state index in [0.29, 0.717) is 17.8 Å². The van der Waals surface area contributed by atoms with E-state index in [2.05, 4.69) is 54.5 Å². The van der Waals surface area contributed by atoms with Crippen LogP contribution in [-0.4, -0.2) is 63.7 Å². The number of rotatable bonds is 3. The molecule has 6 aliphatic rings. The van der Waals surface area contributed by atoms with Crippen LogP contribution in [0.2, 0.25) is 0 Å². The summed E-state index contributed by atoms with van der Waals surface area (Å²) in [5.41, 5.74) is 0.780. The largest absolute Gasteiger partial charge is 0.481 e. The van der Waals surface area contributed by atoms with Crippen LogP contribution >= 0.6 is 0 Å². The zero-order valence-electron chi connectivity index (χ0n) is 27.0. The Hall–Kier alpha value is -0.990. The van der Waals surface area contributed by atoms with Crippen molar-refractivity contribution in [2.24, 2.45) is 50.2 Å². The molecule has 12 atom stereocenters. The standard InChI is InChI=1S/C35H56O7/c1-30(2)14-16-35(29(39)40)17-15-33(6)20(21(35)18-30)8-9-24-32(5)12-11-25(31(3,4)23(32)10-13-34(24,33)7)42-28-27(38)26(37)22(36)19-41-28/h18,20,22-28,36-38H,8-17,19H2,1-7H3,(H,39,40)/t20-,22+,23+,24-,25?,26+,27-,28+,32+,33-,34-,35+/m1/s1. The van der Waals surface area contributed by atoms with Gasteiger partial charge in [-0.1, -0.05) is 60.1 Å². The van der Waals surface area contributed by atoms with Crippen LogP contribution < -0.4 is 0 Å². The molecule has 4 saturated carbocycles. The van der Waals surface area contributed by atoms with E-state index in [1.807, 2.05) is 0 Å². The second-order valence-corrected chi connectivity index (χ2v) is 17.3. The summed E-state index contributed by atoms with van der Waals surface area (Å²) in [6.45, 7) is 16.7. The maximum Gasteiger partial charge on any atom is 0.313 e. The predicted octanol–water partition coefficient (Wildman–Crippen LogP) is 5.70. The maximum atomic E-state index is 12.9. The SMILES string of the molecule is CC1(C)C=C2[C@H]3CC[C@@H]4[C@@]5(C)CCC(O[C@@H]6OC[C@H](O)[C@H](O)[C@H]6O)C(C)(C)[C@@H]5CC[C@@]4(C)[C@]3(C)CC[C@@]2(C(=O)O)CC1. The molecule has 0 aromatic carbocycles. The summed E-state index contributed by atoms with van der Waals surface area (Å²) in [4.78, 5) is 12.9. The Bertz CT molecular complexity index is 1130. The number of carboxylic acids is 1. The third-order valence-electron chi connectivity index (χ3n) is 14.7. The summed E-state index contributed by atoms with van der Waals surface area (Å²) in [6.07, 6.45) is 7.46. The second-order valence-electron chi connectivity index (χ2n) is 17.3. The van der Waals surface area contributed by atoms with Gasteiger partial charge in [-0.05, 0) is 109 Å². The molecule has 5 aliphatic carbocycles. The van der Waals surface area contributed by atoms with Crippen molar-refractivity contribution in [2.75, 3.05) is 6.61 Å². The molecule has 6 rings (SSSR count). The minimum atomic E-state index is -1.27. The average Bonchev–Trinajstić information content (AvgIpc) is 2.90. The summed E-state index contributed by atoms with van der Waals surface area (Å²) >= 11 is 0. The van der Waals surface area contributed by atoms with Crippen molar-refractivity contribution >= 4 is 5.97 Å². The number of carboxylic acid groups (broad SMARTS) is 1. The lowest BCUT2D eigenvalue weighted by Gasteiger charge is -2.72. The van der Waals surface area contributed by atoms with Crippen LogP contribution in [0.1, 0.15) is 113 Å². The van der Waals surface area contributed by atoms with Gasteiger partial charge in [0.25, 0.3) is 0 Å². The van der Waals surface area contributed by atoms with E-state index in [0.717, 1.165) is 64.2 Å². The monoisotopic (exact) mass is 588 g/mol. The van der Waals surface area contributed by atoms with Gasteiger partial charge in [0, 0.05) is 0 Å². The molecule has 238 valence electrons. The molecule has 1 unspecified atom stereocenters. The lowest BCUT2D eigenvalue weighted by molar-refractivity contribution is -0.310. The Morgan fingerprint density at radius 3 is 2.19 bits per heavy atom. The van der Waals surface area contributed by atoms with Crippen molar-refractivity contribution in [1.82, 2.24) is 0 Å². The maximum absolute atomic E-state index is 12.9. The van der Waals surface area contributed by atoms with Gasteiger partial charge in [0.2, 0.25) is 0 Å². The number of aliphatic carboxylic acids is 1. The molecule has 42 heavy (non-hydrogen) atoms. The highest BCUT2D eigenvalue weighted by atomic mass is 16.7. The van der Waals surface area contributed by atoms with Gasteiger partial charge in [-0.3, -0.25) is 4.79 Å². The summed E-state index contributed by atoms with van der Waals surface area (Å²) < 4.78 is 12.1. The van der Waals surface area contributed by atoms with Crippen molar-refractivity contribution in [2.45, 2.75) is 143 Å². The fraction of sp³-hybridized carbons (Fsp3) is 0.914. The van der Waals surface area contributed by atoms with Gasteiger partial charge >= 0.3 is 5.97 Å². The number of aliphatic hydroxyl groups excluding tert-OH is 3. The predicted molar refractivity (Wildman–Crippen MR) is 159 cm³/mol. The van der Waals surface area contributed by atoms with Crippen LogP contribution in [0.5, 0.6) is 0 Å². The minimum Gasteiger partial charge on any atom is -0.481 e. The van der Waals surface area contributed by atoms with Crippen LogP contribution in [-0.2, 0) is 14.3 Å². The van der Waals surface area contributed by atoms with Crippen LogP contribution in [0.25, 0.3) is 0 Å². The lowest BCUT2D eigenvalue weighted by atomic mass is 9.32. The van der Waals surface area contributed by atoms with Crippen molar-refractivity contribution in [1.29, 1.82) is 0 Å². The molecular formula is C35H56O7. The number of ether oxygens (including phenoxy) is 2. The number of aliphatic hydroxyl groups is 3. The van der Waals surface area contributed by atoms with E-state index in [9.17, 15) is 25.2 Å². The first-order chi connectivity index (χ1) is 19.4. The fourth-order valence-electron chi connectivity index (χ4n) is 12.0. The molecule has 1 saturated heterocycles. The van der Waals surface area contributed by atoms with E-state index < -0.39 is 36.0 Å². The van der Waals surface area contributed by atoms with Crippen LogP contribution in [0.4, 0.5) is 0 Å². The van der Waals surface area contributed by atoms with Crippen molar-refractivity contribution in [3.8, 4) is 0 Å². The quantitative estimate of drug-likeness (QED) is 0.247.